The third kappa shape index (κ3) is 4.02. The Bertz CT molecular complexity index is 368. The largest absolute Gasteiger partial charge is 0.508 e. The highest BCUT2D eigenvalue weighted by Crippen LogP contribution is 2.31. The van der Waals surface area contributed by atoms with E-state index >= 15 is 0 Å². The molecular weight excluding hydrogens is 287 g/mol. The first-order valence-electron chi connectivity index (χ1n) is 4.60. The Morgan fingerprint density at radius 1 is 1.38 bits per heavy atom. The lowest BCUT2D eigenvalue weighted by atomic mass is 10.0. The molecule has 3 N–H and O–H groups in total. The number of nitrogens with two attached hydrogens (primary N) is 1. The number of aromatic hydroxyl groups is 1. The zero-order valence-electron chi connectivity index (χ0n) is 8.26. The molecule has 1 aromatic carbocycles. The Kier molecular flexibility index (Phi) is 4.21. The van der Waals surface area contributed by atoms with Gasteiger partial charge in [0.25, 0.3) is 0 Å². The highest BCUT2D eigenvalue weighted by Gasteiger charge is 2.28. The molecule has 1 aromatic rings. The molecule has 6 heteroatoms. The molecule has 0 aliphatic carbocycles. The predicted molar refractivity (Wildman–Crippen MR) is 58.0 cm³/mol. The molecule has 2 nitrogen and oxygen atoms in total. The number of phenols is 1. The third-order valence-electron chi connectivity index (χ3n) is 2.13. The molecule has 1 atom stereocenters. The fourth-order valence-corrected chi connectivity index (χ4v) is 1.65. The molecule has 0 saturated carbocycles. The van der Waals surface area contributed by atoms with Gasteiger partial charge in [-0.2, -0.15) is 13.2 Å². The van der Waals surface area contributed by atoms with Crippen molar-refractivity contribution in [2.75, 3.05) is 0 Å². The van der Waals surface area contributed by atoms with Crippen LogP contribution in [0.1, 0.15) is 24.4 Å². The van der Waals surface area contributed by atoms with Crippen LogP contribution in [-0.4, -0.2) is 11.3 Å². The lowest BCUT2D eigenvalue weighted by molar-refractivity contribution is -0.136. The Morgan fingerprint density at radius 2 is 2.00 bits per heavy atom. The summed E-state index contributed by atoms with van der Waals surface area (Å²) >= 11 is 3.14. The molecule has 1 rings (SSSR count). The van der Waals surface area contributed by atoms with Gasteiger partial charge in [-0.3, -0.25) is 0 Å². The smallest absolute Gasteiger partial charge is 0.389 e. The molecule has 0 unspecified atom stereocenters. The third-order valence-corrected chi connectivity index (χ3v) is 2.62. The molecule has 0 aliphatic rings. The van der Waals surface area contributed by atoms with Gasteiger partial charge < -0.3 is 10.8 Å². The standard InChI is InChI=1S/C10H11BrF3NO/c11-6-1-2-7(9(16)5-6)8(15)3-4-10(12,13)14/h1-2,5,8,16H,3-4,15H2/t8-/m1/s1. The first-order chi connectivity index (χ1) is 7.29. The van der Waals surface area contributed by atoms with Gasteiger partial charge in [-0.05, 0) is 18.6 Å². The van der Waals surface area contributed by atoms with Crippen molar-refractivity contribution in [3.8, 4) is 5.75 Å². The second kappa shape index (κ2) is 5.05. The van der Waals surface area contributed by atoms with Gasteiger partial charge in [0.1, 0.15) is 5.75 Å². The molecule has 0 amide bonds. The van der Waals surface area contributed by atoms with Crippen LogP contribution in [0.25, 0.3) is 0 Å². The van der Waals surface area contributed by atoms with E-state index in [4.69, 9.17) is 5.73 Å². The zero-order chi connectivity index (χ0) is 12.3. The zero-order valence-corrected chi connectivity index (χ0v) is 9.85. The van der Waals surface area contributed by atoms with Gasteiger partial charge in [-0.25, -0.2) is 0 Å². The van der Waals surface area contributed by atoms with E-state index in [1.807, 2.05) is 0 Å². The van der Waals surface area contributed by atoms with Crippen LogP contribution >= 0.6 is 15.9 Å². The first kappa shape index (κ1) is 13.3. The highest BCUT2D eigenvalue weighted by atomic mass is 79.9. The number of hydrogen-bond donors (Lipinski definition) is 2. The first-order valence-corrected chi connectivity index (χ1v) is 5.39. The van der Waals surface area contributed by atoms with Gasteiger partial charge in [0.15, 0.2) is 0 Å². The van der Waals surface area contributed by atoms with Crippen LogP contribution in [-0.2, 0) is 0 Å². The monoisotopic (exact) mass is 297 g/mol. The summed E-state index contributed by atoms with van der Waals surface area (Å²) in [6.07, 6.45) is -5.41. The minimum atomic E-state index is -4.22. The fraction of sp³-hybridized carbons (Fsp3) is 0.400. The molecule has 0 radical (unpaired) electrons. The predicted octanol–water partition coefficient (Wildman–Crippen LogP) is 3.50. The summed E-state index contributed by atoms with van der Waals surface area (Å²) in [5.74, 6) is -0.0935. The molecule has 0 heterocycles. The van der Waals surface area contributed by atoms with E-state index in [1.54, 1.807) is 6.07 Å². The second-order valence-electron chi connectivity index (χ2n) is 3.46. The van der Waals surface area contributed by atoms with Crippen LogP contribution in [0.15, 0.2) is 22.7 Å². The van der Waals surface area contributed by atoms with Crippen molar-refractivity contribution in [1.82, 2.24) is 0 Å². The number of benzene rings is 1. The van der Waals surface area contributed by atoms with Gasteiger partial charge in [0.2, 0.25) is 0 Å². The minimum Gasteiger partial charge on any atom is -0.508 e. The summed E-state index contributed by atoms with van der Waals surface area (Å²) in [5.41, 5.74) is 5.90. The van der Waals surface area contributed by atoms with Gasteiger partial charge >= 0.3 is 6.18 Å². The van der Waals surface area contributed by atoms with E-state index in [9.17, 15) is 18.3 Å². The van der Waals surface area contributed by atoms with E-state index < -0.39 is 18.6 Å². The topological polar surface area (TPSA) is 46.2 Å². The summed E-state index contributed by atoms with van der Waals surface area (Å²) < 4.78 is 36.6. The van der Waals surface area contributed by atoms with E-state index in [2.05, 4.69) is 15.9 Å². The molecule has 0 fully saturated rings. The Hall–Kier alpha value is -0.750. The normalized spacial score (nSPS) is 13.8. The summed E-state index contributed by atoms with van der Waals surface area (Å²) in [6.45, 7) is 0. The van der Waals surface area contributed by atoms with Crippen LogP contribution < -0.4 is 5.73 Å². The van der Waals surface area contributed by atoms with Crippen molar-refractivity contribution in [2.45, 2.75) is 25.1 Å². The SMILES string of the molecule is N[C@H](CCC(F)(F)F)c1ccc(Br)cc1O. The maximum atomic E-state index is 12.0. The van der Waals surface area contributed by atoms with E-state index in [-0.39, 0.29) is 12.2 Å². The maximum absolute atomic E-state index is 12.0. The van der Waals surface area contributed by atoms with E-state index in [0.717, 1.165) is 0 Å². The summed E-state index contributed by atoms with van der Waals surface area (Å²) in [5, 5.41) is 9.50. The quantitative estimate of drug-likeness (QED) is 0.897. The van der Waals surface area contributed by atoms with Crippen LogP contribution in [0.5, 0.6) is 5.75 Å². The van der Waals surface area contributed by atoms with Gasteiger partial charge in [-0.15, -0.1) is 0 Å². The Labute approximate surface area is 99.4 Å². The average Bonchev–Trinajstić information content (AvgIpc) is 2.13. The fourth-order valence-electron chi connectivity index (χ4n) is 1.31. The summed E-state index contributed by atoms with van der Waals surface area (Å²) in [7, 11) is 0. The van der Waals surface area contributed by atoms with Gasteiger partial charge in [0, 0.05) is 22.5 Å². The Morgan fingerprint density at radius 3 is 2.50 bits per heavy atom. The van der Waals surface area contributed by atoms with Crippen molar-refractivity contribution >= 4 is 15.9 Å². The summed E-state index contributed by atoms with van der Waals surface area (Å²) in [4.78, 5) is 0. The molecule has 0 bridgehead atoms. The van der Waals surface area contributed by atoms with Crippen molar-refractivity contribution in [3.63, 3.8) is 0 Å². The molecule has 0 aromatic heterocycles. The van der Waals surface area contributed by atoms with Gasteiger partial charge in [-0.1, -0.05) is 22.0 Å². The number of hydrogen-bond acceptors (Lipinski definition) is 2. The lowest BCUT2D eigenvalue weighted by Crippen LogP contribution is -2.15. The van der Waals surface area contributed by atoms with Crippen LogP contribution in [0.4, 0.5) is 13.2 Å². The van der Waals surface area contributed by atoms with Crippen LogP contribution in [0.3, 0.4) is 0 Å². The van der Waals surface area contributed by atoms with Crippen LogP contribution in [0.2, 0.25) is 0 Å². The van der Waals surface area contributed by atoms with E-state index in [1.165, 1.54) is 12.1 Å². The molecule has 0 spiro atoms. The number of halogens is 4. The molecular formula is C10H11BrF3NO. The minimum absolute atomic E-state index is 0.0935. The lowest BCUT2D eigenvalue weighted by Gasteiger charge is -2.15. The number of alkyl halides is 3. The van der Waals surface area contributed by atoms with Crippen LogP contribution in [0, 0.1) is 0 Å². The van der Waals surface area contributed by atoms with Gasteiger partial charge in [0.05, 0.1) is 0 Å². The maximum Gasteiger partial charge on any atom is 0.389 e. The van der Waals surface area contributed by atoms with E-state index in [0.29, 0.717) is 10.0 Å². The molecule has 90 valence electrons. The van der Waals surface area contributed by atoms with Crippen molar-refractivity contribution in [3.05, 3.63) is 28.2 Å². The molecule has 16 heavy (non-hydrogen) atoms. The van der Waals surface area contributed by atoms with Crippen molar-refractivity contribution in [2.24, 2.45) is 5.73 Å². The van der Waals surface area contributed by atoms with Crippen molar-refractivity contribution < 1.29 is 18.3 Å². The molecule has 0 aliphatic heterocycles. The number of rotatable bonds is 3. The Balaban J connectivity index is 2.70. The average molecular weight is 298 g/mol. The summed E-state index contributed by atoms with van der Waals surface area (Å²) in [6, 6.07) is 3.74. The highest BCUT2D eigenvalue weighted by molar-refractivity contribution is 9.10. The second-order valence-corrected chi connectivity index (χ2v) is 4.38. The molecule has 0 saturated heterocycles. The number of phenolic OH excluding ortho intramolecular Hbond substituents is 1. The van der Waals surface area contributed by atoms with Crippen molar-refractivity contribution in [1.29, 1.82) is 0 Å².